The van der Waals surface area contributed by atoms with Crippen LogP contribution in [0.25, 0.3) is 0 Å². The molecule has 4 aromatic carbocycles. The molecule has 1 aliphatic carbocycles. The Morgan fingerprint density at radius 1 is 0.436 bits per heavy atom. The highest BCUT2D eigenvalue weighted by Crippen LogP contribution is 2.35. The number of rotatable bonds is 14. The zero-order valence-corrected chi connectivity index (χ0v) is 24.1. The van der Waals surface area contributed by atoms with Gasteiger partial charge >= 0.3 is 0 Å². The van der Waals surface area contributed by atoms with Crippen LogP contribution in [-0.2, 0) is 25.7 Å². The van der Waals surface area contributed by atoms with E-state index >= 15 is 0 Å². The second-order valence-corrected chi connectivity index (χ2v) is 11.6. The van der Waals surface area contributed by atoms with Crippen LogP contribution in [0.3, 0.4) is 0 Å². The molecule has 0 aromatic heterocycles. The standard InChI is InChI=1S/C38H45N/c1-30-13-23-36(24-14-30)39(37-25-15-31(2)16-26-37)38-27-18-32(19-28-38)11-9-7-5-3-4-6-8-10-12-33-17-20-34-21-22-35(34)29-33/h13-20,23-29H,3-12,21-22H2,1-2H3. The number of nitrogens with zero attached hydrogens (tertiary/aromatic N) is 1. The first-order valence-corrected chi connectivity index (χ1v) is 15.3. The first-order valence-electron chi connectivity index (χ1n) is 15.3. The third kappa shape index (κ3) is 7.63. The maximum atomic E-state index is 2.45. The highest BCUT2D eigenvalue weighted by atomic mass is 15.1. The molecule has 0 amide bonds. The fourth-order valence-electron chi connectivity index (χ4n) is 5.77. The first kappa shape index (κ1) is 27.3. The first-order chi connectivity index (χ1) is 19.2. The van der Waals surface area contributed by atoms with Gasteiger partial charge < -0.3 is 4.90 Å². The van der Waals surface area contributed by atoms with E-state index in [9.17, 15) is 0 Å². The van der Waals surface area contributed by atoms with Crippen molar-refractivity contribution in [2.45, 2.75) is 90.9 Å². The van der Waals surface area contributed by atoms with Crippen LogP contribution in [0, 0.1) is 13.8 Å². The smallest absolute Gasteiger partial charge is 0.0461 e. The quantitative estimate of drug-likeness (QED) is 0.151. The molecule has 0 radical (unpaired) electrons. The molecule has 0 saturated heterocycles. The van der Waals surface area contributed by atoms with E-state index in [0.29, 0.717) is 0 Å². The van der Waals surface area contributed by atoms with Crippen LogP contribution < -0.4 is 4.90 Å². The van der Waals surface area contributed by atoms with Gasteiger partial charge in [-0.2, -0.15) is 0 Å². The Hall–Kier alpha value is -3.32. The van der Waals surface area contributed by atoms with Gasteiger partial charge in [-0.1, -0.05) is 104 Å². The summed E-state index contributed by atoms with van der Waals surface area (Å²) >= 11 is 0. The van der Waals surface area contributed by atoms with Crippen LogP contribution in [0.1, 0.15) is 84.7 Å². The van der Waals surface area contributed by atoms with Gasteiger partial charge in [0.15, 0.2) is 0 Å². The number of hydrogen-bond donors (Lipinski definition) is 0. The molecule has 0 N–H and O–H groups in total. The number of fused-ring (bicyclic) bond motifs is 1. The molecule has 4 aromatic rings. The molecule has 0 fully saturated rings. The molecule has 0 atom stereocenters. The zero-order chi connectivity index (χ0) is 26.9. The number of benzene rings is 4. The monoisotopic (exact) mass is 515 g/mol. The summed E-state index contributed by atoms with van der Waals surface area (Å²) in [5.41, 5.74) is 12.4. The molecule has 1 aliphatic rings. The fraction of sp³-hybridized carbons (Fsp3) is 0.368. The van der Waals surface area contributed by atoms with Crippen molar-refractivity contribution in [2.24, 2.45) is 0 Å². The Labute approximate surface area is 236 Å². The molecule has 1 nitrogen and oxygen atoms in total. The SMILES string of the molecule is Cc1ccc(N(c2ccc(C)cc2)c2ccc(CCCCCCCCCCc3ccc4c(c3)CC4)cc2)cc1. The van der Waals surface area contributed by atoms with Crippen LogP contribution in [0.5, 0.6) is 0 Å². The maximum absolute atomic E-state index is 2.45. The highest BCUT2D eigenvalue weighted by Gasteiger charge is 2.13. The second kappa shape index (κ2) is 13.7. The largest absolute Gasteiger partial charge is 0.311 e. The lowest BCUT2D eigenvalue weighted by atomic mass is 9.86. The van der Waals surface area contributed by atoms with Gasteiger partial charge in [0.05, 0.1) is 0 Å². The van der Waals surface area contributed by atoms with Crippen molar-refractivity contribution in [1.82, 2.24) is 0 Å². The lowest BCUT2D eigenvalue weighted by molar-refractivity contribution is 0.567. The third-order valence-corrected chi connectivity index (χ3v) is 8.39. The topological polar surface area (TPSA) is 3.24 Å². The van der Waals surface area contributed by atoms with Gasteiger partial charge in [-0.05, 0) is 111 Å². The molecule has 1 heteroatoms. The van der Waals surface area contributed by atoms with E-state index in [-0.39, 0.29) is 0 Å². The zero-order valence-electron chi connectivity index (χ0n) is 24.1. The number of anilines is 3. The molecule has 0 spiro atoms. The third-order valence-electron chi connectivity index (χ3n) is 8.39. The molecule has 0 saturated carbocycles. The molecule has 0 unspecified atom stereocenters. The fourth-order valence-corrected chi connectivity index (χ4v) is 5.77. The molecule has 202 valence electrons. The Balaban J connectivity index is 1.01. The molecule has 5 rings (SSSR count). The van der Waals surface area contributed by atoms with Crippen molar-refractivity contribution in [3.63, 3.8) is 0 Å². The maximum Gasteiger partial charge on any atom is 0.0461 e. The number of hydrogen-bond acceptors (Lipinski definition) is 1. The lowest BCUT2D eigenvalue weighted by Gasteiger charge is -2.26. The predicted octanol–water partition coefficient (Wildman–Crippen LogP) is 10.8. The van der Waals surface area contributed by atoms with Crippen LogP contribution in [0.15, 0.2) is 91.0 Å². The van der Waals surface area contributed by atoms with Gasteiger partial charge in [-0.3, -0.25) is 0 Å². The average Bonchev–Trinajstić information content (AvgIpc) is 2.94. The Morgan fingerprint density at radius 3 is 1.31 bits per heavy atom. The van der Waals surface area contributed by atoms with Gasteiger partial charge in [0.1, 0.15) is 0 Å². The van der Waals surface area contributed by atoms with E-state index in [1.807, 2.05) is 0 Å². The van der Waals surface area contributed by atoms with Gasteiger partial charge in [0, 0.05) is 17.1 Å². The minimum atomic E-state index is 1.18. The number of aryl methyl sites for hydroxylation is 6. The van der Waals surface area contributed by atoms with Crippen molar-refractivity contribution < 1.29 is 0 Å². The lowest BCUT2D eigenvalue weighted by Crippen LogP contribution is -2.10. The minimum Gasteiger partial charge on any atom is -0.311 e. The summed E-state index contributed by atoms with van der Waals surface area (Å²) in [6, 6.07) is 34.0. The Kier molecular flexibility index (Phi) is 9.54. The van der Waals surface area contributed by atoms with Crippen LogP contribution in [0.4, 0.5) is 17.1 Å². The van der Waals surface area contributed by atoms with Crippen molar-refractivity contribution in [2.75, 3.05) is 4.90 Å². The predicted molar refractivity (Wildman–Crippen MR) is 169 cm³/mol. The van der Waals surface area contributed by atoms with Crippen LogP contribution >= 0.6 is 0 Å². The summed E-state index contributed by atoms with van der Waals surface area (Å²) in [5, 5.41) is 0. The van der Waals surface area contributed by atoms with Crippen molar-refractivity contribution in [3.05, 3.63) is 124 Å². The van der Waals surface area contributed by atoms with E-state index in [4.69, 9.17) is 0 Å². The van der Waals surface area contributed by atoms with Crippen molar-refractivity contribution in [1.29, 1.82) is 0 Å². The highest BCUT2D eigenvalue weighted by molar-refractivity contribution is 5.76. The van der Waals surface area contributed by atoms with E-state index in [1.54, 1.807) is 16.7 Å². The van der Waals surface area contributed by atoms with E-state index in [2.05, 4.69) is 110 Å². The summed E-state index contributed by atoms with van der Waals surface area (Å²) in [4.78, 5) is 2.35. The summed E-state index contributed by atoms with van der Waals surface area (Å²) in [5.74, 6) is 0. The average molecular weight is 516 g/mol. The van der Waals surface area contributed by atoms with Crippen molar-refractivity contribution in [3.8, 4) is 0 Å². The molecule has 0 bridgehead atoms. The number of unbranched alkanes of at least 4 members (excludes halogenated alkanes) is 7. The molecule has 0 heterocycles. The van der Waals surface area contributed by atoms with Gasteiger partial charge in [-0.25, -0.2) is 0 Å². The summed E-state index contributed by atoms with van der Waals surface area (Å²) in [6.45, 7) is 4.29. The van der Waals surface area contributed by atoms with E-state index in [0.717, 1.165) is 0 Å². The molecular formula is C38H45N. The van der Waals surface area contributed by atoms with Crippen LogP contribution in [-0.4, -0.2) is 0 Å². The molecule has 39 heavy (non-hydrogen) atoms. The Bertz CT molecular complexity index is 1250. The molecule has 0 aliphatic heterocycles. The van der Waals surface area contributed by atoms with E-state index in [1.165, 1.54) is 111 Å². The van der Waals surface area contributed by atoms with Gasteiger partial charge in [0.2, 0.25) is 0 Å². The van der Waals surface area contributed by atoms with Crippen molar-refractivity contribution >= 4 is 17.1 Å². The summed E-state index contributed by atoms with van der Waals surface area (Å²) in [6.07, 6.45) is 15.9. The minimum absolute atomic E-state index is 1.18. The summed E-state index contributed by atoms with van der Waals surface area (Å²) in [7, 11) is 0. The second-order valence-electron chi connectivity index (χ2n) is 11.6. The summed E-state index contributed by atoms with van der Waals surface area (Å²) < 4.78 is 0. The molecular weight excluding hydrogens is 470 g/mol. The van der Waals surface area contributed by atoms with Crippen LogP contribution in [0.2, 0.25) is 0 Å². The van der Waals surface area contributed by atoms with Gasteiger partial charge in [-0.15, -0.1) is 0 Å². The Morgan fingerprint density at radius 2 is 0.846 bits per heavy atom. The normalized spacial score (nSPS) is 12.2. The van der Waals surface area contributed by atoms with Gasteiger partial charge in [0.25, 0.3) is 0 Å². The van der Waals surface area contributed by atoms with E-state index < -0.39 is 0 Å².